The molecule has 0 spiro atoms. The van der Waals surface area contributed by atoms with Crippen LogP contribution in [0.5, 0.6) is 0 Å². The van der Waals surface area contributed by atoms with E-state index in [0.29, 0.717) is 11.7 Å². The maximum atomic E-state index is 9.43. The van der Waals surface area contributed by atoms with Gasteiger partial charge in [-0.25, -0.2) is 9.97 Å². The van der Waals surface area contributed by atoms with Crippen LogP contribution in [0.2, 0.25) is 0 Å². The van der Waals surface area contributed by atoms with E-state index in [4.69, 9.17) is 17.3 Å². The van der Waals surface area contributed by atoms with Gasteiger partial charge in [-0.2, -0.15) is 0 Å². The molecule has 2 N–H and O–H groups in total. The number of rotatable bonds is 4. The van der Waals surface area contributed by atoms with Crippen molar-refractivity contribution in [3.05, 3.63) is 17.6 Å². The van der Waals surface area contributed by atoms with Crippen LogP contribution in [0.4, 0.5) is 5.82 Å². The summed E-state index contributed by atoms with van der Waals surface area (Å²) in [6, 6.07) is 0. The Balaban J connectivity index is 0.000000338. The van der Waals surface area contributed by atoms with Gasteiger partial charge in [0.15, 0.2) is 5.82 Å². The molecule has 0 unspecified atom stereocenters. The molecule has 6 nitrogen and oxygen atoms in total. The number of aromatic nitrogens is 3. The molecule has 23 heavy (non-hydrogen) atoms. The zero-order valence-corrected chi connectivity index (χ0v) is 14.5. The third kappa shape index (κ3) is 4.13. The third-order valence-electron chi connectivity index (χ3n) is 3.80. The first-order valence-corrected chi connectivity index (χ1v) is 8.41. The molecule has 3 rings (SSSR count). The van der Waals surface area contributed by atoms with E-state index in [9.17, 15) is 4.79 Å². The van der Waals surface area contributed by atoms with E-state index >= 15 is 0 Å². The van der Waals surface area contributed by atoms with Crippen LogP contribution in [-0.4, -0.2) is 45.8 Å². The number of fused-ring (bicyclic) bond motifs is 3. The van der Waals surface area contributed by atoms with Gasteiger partial charge >= 0.3 is 0 Å². The SMILES string of the molecule is CN(C)C=O.Nc1nc2c(c3c1ncn3CCCCl)CCCC2. The van der Waals surface area contributed by atoms with E-state index in [1.54, 1.807) is 14.1 Å². The number of nitrogens with two attached hydrogens (primary N) is 1. The van der Waals surface area contributed by atoms with Crippen molar-refractivity contribution in [3.8, 4) is 0 Å². The summed E-state index contributed by atoms with van der Waals surface area (Å²) in [5.74, 6) is 1.23. The number of aryl methyl sites for hydroxylation is 3. The van der Waals surface area contributed by atoms with E-state index in [2.05, 4.69) is 14.5 Å². The predicted molar refractivity (Wildman–Crippen MR) is 93.7 cm³/mol. The van der Waals surface area contributed by atoms with Gasteiger partial charge in [0.1, 0.15) is 5.52 Å². The molecule has 0 aromatic carbocycles. The molecule has 0 fully saturated rings. The maximum Gasteiger partial charge on any atom is 0.209 e. The van der Waals surface area contributed by atoms with Crippen molar-refractivity contribution in [1.29, 1.82) is 0 Å². The summed E-state index contributed by atoms with van der Waals surface area (Å²) in [5.41, 5.74) is 10.6. The van der Waals surface area contributed by atoms with Crippen LogP contribution in [0.25, 0.3) is 11.0 Å². The molecule has 0 atom stereocenters. The Bertz CT molecular complexity index is 668. The minimum absolute atomic E-state index is 0.565. The van der Waals surface area contributed by atoms with Gasteiger partial charge in [-0.15, -0.1) is 11.6 Å². The Morgan fingerprint density at radius 2 is 2.09 bits per heavy atom. The molecule has 2 heterocycles. The third-order valence-corrected chi connectivity index (χ3v) is 4.07. The standard InChI is InChI=1S/C13H17ClN4.C3H7NO/c14-6-3-7-18-8-16-11-12(18)9-4-1-2-5-10(9)17-13(11)15;1-4(2)3-5/h8H,1-7H2,(H2,15,17);3H,1-2H3. The Morgan fingerprint density at radius 1 is 1.39 bits per heavy atom. The fraction of sp³-hybridized carbons (Fsp3) is 0.562. The number of carbonyl (C=O) groups excluding carboxylic acids is 1. The highest BCUT2D eigenvalue weighted by Gasteiger charge is 2.19. The Hall–Kier alpha value is -1.82. The van der Waals surface area contributed by atoms with Crippen molar-refractivity contribution in [2.75, 3.05) is 25.7 Å². The van der Waals surface area contributed by atoms with Crippen LogP contribution in [0.3, 0.4) is 0 Å². The molecule has 2 aromatic rings. The number of nitrogen functional groups attached to an aromatic ring is 1. The van der Waals surface area contributed by atoms with E-state index in [1.165, 1.54) is 34.5 Å². The van der Waals surface area contributed by atoms with Crippen LogP contribution in [0.1, 0.15) is 30.5 Å². The number of anilines is 1. The maximum absolute atomic E-state index is 9.43. The lowest BCUT2D eigenvalue weighted by molar-refractivity contribution is -0.115. The molecule has 1 aliphatic carbocycles. The van der Waals surface area contributed by atoms with Gasteiger partial charge < -0.3 is 15.2 Å². The zero-order chi connectivity index (χ0) is 16.8. The van der Waals surface area contributed by atoms with E-state index in [1.807, 2.05) is 6.33 Å². The summed E-state index contributed by atoms with van der Waals surface area (Å²) >= 11 is 5.77. The first-order valence-electron chi connectivity index (χ1n) is 7.88. The summed E-state index contributed by atoms with van der Waals surface area (Å²) in [6.07, 6.45) is 8.13. The number of nitrogens with zero attached hydrogens (tertiary/aromatic N) is 4. The summed E-state index contributed by atoms with van der Waals surface area (Å²) in [6.45, 7) is 0.899. The normalized spacial score (nSPS) is 13.2. The Labute approximate surface area is 141 Å². The fourth-order valence-electron chi connectivity index (χ4n) is 2.75. The summed E-state index contributed by atoms with van der Waals surface area (Å²) in [5, 5.41) is 0. The molecule has 1 aliphatic rings. The lowest BCUT2D eigenvalue weighted by atomic mass is 9.95. The van der Waals surface area contributed by atoms with Crippen molar-refractivity contribution in [1.82, 2.24) is 19.4 Å². The number of alkyl halides is 1. The van der Waals surface area contributed by atoms with Gasteiger partial charge in [0.2, 0.25) is 6.41 Å². The quantitative estimate of drug-likeness (QED) is 0.685. The highest BCUT2D eigenvalue weighted by atomic mass is 35.5. The smallest absolute Gasteiger partial charge is 0.209 e. The number of hydrogen-bond acceptors (Lipinski definition) is 4. The summed E-state index contributed by atoms with van der Waals surface area (Å²) < 4.78 is 2.18. The molecule has 0 bridgehead atoms. The van der Waals surface area contributed by atoms with Gasteiger partial charge in [-0.3, -0.25) is 4.79 Å². The fourth-order valence-corrected chi connectivity index (χ4v) is 2.87. The van der Waals surface area contributed by atoms with E-state index in [0.717, 1.165) is 37.7 Å². The van der Waals surface area contributed by atoms with Gasteiger partial charge in [0.05, 0.1) is 11.8 Å². The van der Waals surface area contributed by atoms with Crippen LogP contribution < -0.4 is 5.73 Å². The number of imidazole rings is 1. The first-order chi connectivity index (χ1) is 11.1. The highest BCUT2D eigenvalue weighted by molar-refractivity contribution is 6.17. The van der Waals surface area contributed by atoms with Crippen molar-refractivity contribution in [2.24, 2.45) is 0 Å². The monoisotopic (exact) mass is 337 g/mol. The lowest BCUT2D eigenvalue weighted by Crippen LogP contribution is -2.10. The molecule has 1 amide bonds. The van der Waals surface area contributed by atoms with E-state index in [-0.39, 0.29) is 0 Å². The molecular formula is C16H24ClN5O. The molecule has 126 valence electrons. The average molecular weight is 338 g/mol. The van der Waals surface area contributed by atoms with Gasteiger partial charge in [0, 0.05) is 32.2 Å². The van der Waals surface area contributed by atoms with Gasteiger partial charge in [-0.1, -0.05) is 0 Å². The van der Waals surface area contributed by atoms with Gasteiger partial charge in [-0.05, 0) is 37.7 Å². The number of amides is 1. The van der Waals surface area contributed by atoms with Crippen LogP contribution >= 0.6 is 11.6 Å². The van der Waals surface area contributed by atoms with Gasteiger partial charge in [0.25, 0.3) is 0 Å². The number of pyridine rings is 1. The molecule has 7 heteroatoms. The number of halogens is 1. The molecule has 0 saturated heterocycles. The molecular weight excluding hydrogens is 314 g/mol. The predicted octanol–water partition coefficient (Wildman–Crippen LogP) is 2.23. The lowest BCUT2D eigenvalue weighted by Gasteiger charge is -2.17. The summed E-state index contributed by atoms with van der Waals surface area (Å²) in [7, 11) is 3.38. The van der Waals surface area contributed by atoms with Crippen LogP contribution in [0, 0.1) is 0 Å². The summed E-state index contributed by atoms with van der Waals surface area (Å²) in [4.78, 5) is 19.8. The second-order valence-electron chi connectivity index (χ2n) is 5.88. The van der Waals surface area contributed by atoms with Crippen molar-refractivity contribution >= 4 is 34.9 Å². The van der Waals surface area contributed by atoms with Crippen molar-refractivity contribution in [3.63, 3.8) is 0 Å². The number of hydrogen-bond donors (Lipinski definition) is 1. The molecule has 0 radical (unpaired) electrons. The average Bonchev–Trinajstić information content (AvgIpc) is 2.98. The minimum atomic E-state index is 0.565. The highest BCUT2D eigenvalue weighted by Crippen LogP contribution is 2.30. The second-order valence-corrected chi connectivity index (χ2v) is 6.25. The topological polar surface area (TPSA) is 77.0 Å². The minimum Gasteiger partial charge on any atom is -0.382 e. The van der Waals surface area contributed by atoms with Crippen LogP contribution in [-0.2, 0) is 24.2 Å². The second kappa shape index (κ2) is 8.15. The Morgan fingerprint density at radius 3 is 2.74 bits per heavy atom. The largest absolute Gasteiger partial charge is 0.382 e. The molecule has 2 aromatic heterocycles. The van der Waals surface area contributed by atoms with Crippen molar-refractivity contribution < 1.29 is 4.79 Å². The van der Waals surface area contributed by atoms with Crippen LogP contribution in [0.15, 0.2) is 6.33 Å². The van der Waals surface area contributed by atoms with E-state index < -0.39 is 0 Å². The molecule has 0 saturated carbocycles. The number of carbonyl (C=O) groups is 1. The molecule has 0 aliphatic heterocycles. The first kappa shape index (κ1) is 17.5. The Kier molecular flexibility index (Phi) is 6.21. The van der Waals surface area contributed by atoms with Crippen molar-refractivity contribution in [2.45, 2.75) is 38.6 Å². The zero-order valence-electron chi connectivity index (χ0n) is 13.8.